The maximum absolute atomic E-state index is 13.1. The molecule has 0 bridgehead atoms. The van der Waals surface area contributed by atoms with Gasteiger partial charge in [-0.3, -0.25) is 9.59 Å². The molecule has 0 atom stereocenters. The van der Waals surface area contributed by atoms with Crippen molar-refractivity contribution in [1.29, 1.82) is 0 Å². The molecule has 1 aliphatic rings. The fourth-order valence-corrected chi connectivity index (χ4v) is 6.58. The SMILES string of the molecule is COc1ccc(CCNC(=O)c2ccccc2NC(=O)C2CCN(S(=O)(=O)Cc3ccc(Br)cc3)CC2)cc1OC. The minimum Gasteiger partial charge on any atom is -0.493 e. The van der Waals surface area contributed by atoms with Gasteiger partial charge in [0.25, 0.3) is 5.91 Å². The monoisotopic (exact) mass is 643 g/mol. The third kappa shape index (κ3) is 8.08. The second-order valence-corrected chi connectivity index (χ2v) is 12.7. The number of ether oxygens (including phenoxy) is 2. The first-order valence-corrected chi connectivity index (χ1v) is 15.7. The first-order valence-electron chi connectivity index (χ1n) is 13.3. The first-order chi connectivity index (χ1) is 19.7. The Bertz CT molecular complexity index is 1470. The van der Waals surface area contributed by atoms with Gasteiger partial charge in [-0.15, -0.1) is 0 Å². The third-order valence-electron chi connectivity index (χ3n) is 7.06. The smallest absolute Gasteiger partial charge is 0.253 e. The summed E-state index contributed by atoms with van der Waals surface area (Å²) >= 11 is 3.36. The lowest BCUT2D eigenvalue weighted by Gasteiger charge is -2.30. The molecule has 2 amide bonds. The van der Waals surface area contributed by atoms with Crippen LogP contribution in [0.2, 0.25) is 0 Å². The highest BCUT2D eigenvalue weighted by molar-refractivity contribution is 9.10. The van der Waals surface area contributed by atoms with E-state index in [4.69, 9.17) is 9.47 Å². The molecule has 1 fully saturated rings. The topological polar surface area (TPSA) is 114 Å². The highest BCUT2D eigenvalue weighted by Gasteiger charge is 2.31. The number of benzene rings is 3. The Labute approximate surface area is 249 Å². The van der Waals surface area contributed by atoms with Crippen molar-refractivity contribution in [2.24, 2.45) is 5.92 Å². The summed E-state index contributed by atoms with van der Waals surface area (Å²) < 4.78 is 38.8. The molecular formula is C30H34BrN3O6S. The zero-order valence-corrected chi connectivity index (χ0v) is 25.5. The summed E-state index contributed by atoms with van der Waals surface area (Å²) in [5, 5.41) is 5.81. The normalized spacial score (nSPS) is 14.3. The van der Waals surface area contributed by atoms with Gasteiger partial charge in [0.1, 0.15) is 0 Å². The minimum atomic E-state index is -3.49. The molecule has 0 unspecified atom stereocenters. The number of amides is 2. The number of nitrogens with one attached hydrogen (secondary N) is 2. The van der Waals surface area contributed by atoms with Gasteiger partial charge in [0, 0.05) is 30.0 Å². The van der Waals surface area contributed by atoms with Crippen molar-refractivity contribution in [3.8, 4) is 11.5 Å². The molecule has 1 heterocycles. The highest BCUT2D eigenvalue weighted by atomic mass is 79.9. The summed E-state index contributed by atoms with van der Waals surface area (Å²) in [6.07, 6.45) is 1.40. The summed E-state index contributed by atoms with van der Waals surface area (Å²) in [6, 6.07) is 19.7. The van der Waals surface area contributed by atoms with E-state index in [0.29, 0.717) is 54.1 Å². The van der Waals surface area contributed by atoms with Gasteiger partial charge in [0.05, 0.1) is 31.2 Å². The summed E-state index contributed by atoms with van der Waals surface area (Å²) in [6.45, 7) is 0.939. The van der Waals surface area contributed by atoms with Crippen molar-refractivity contribution < 1.29 is 27.5 Å². The van der Waals surface area contributed by atoms with Gasteiger partial charge in [-0.25, -0.2) is 12.7 Å². The van der Waals surface area contributed by atoms with E-state index in [0.717, 1.165) is 10.0 Å². The summed E-state index contributed by atoms with van der Waals surface area (Å²) in [7, 11) is -0.340. The van der Waals surface area contributed by atoms with Crippen LogP contribution >= 0.6 is 15.9 Å². The number of piperidine rings is 1. The van der Waals surface area contributed by atoms with Crippen molar-refractivity contribution in [2.75, 3.05) is 39.2 Å². The average Bonchev–Trinajstić information content (AvgIpc) is 2.98. The molecule has 0 spiro atoms. The van der Waals surface area contributed by atoms with Crippen molar-refractivity contribution >= 4 is 43.5 Å². The molecule has 0 saturated carbocycles. The maximum Gasteiger partial charge on any atom is 0.253 e. The van der Waals surface area contributed by atoms with Gasteiger partial charge in [-0.05, 0) is 66.8 Å². The Morgan fingerprint density at radius 1 is 0.927 bits per heavy atom. The molecule has 0 aromatic heterocycles. The number of methoxy groups -OCH3 is 2. The molecule has 1 saturated heterocycles. The standard InChI is InChI=1S/C30H34BrN3O6S/c1-39-27-12-9-21(19-28(27)40-2)13-16-32-30(36)25-5-3-4-6-26(25)33-29(35)23-14-17-34(18-15-23)41(37,38)20-22-7-10-24(31)11-8-22/h3-12,19,23H,13-18,20H2,1-2H3,(H,32,36)(H,33,35). The first kappa shape index (κ1) is 30.5. The number of sulfonamides is 1. The van der Waals surface area contributed by atoms with Crippen LogP contribution in [-0.4, -0.2) is 58.4 Å². The lowest BCUT2D eigenvalue weighted by atomic mass is 9.97. The minimum absolute atomic E-state index is 0.0777. The lowest BCUT2D eigenvalue weighted by Crippen LogP contribution is -2.42. The number of anilines is 1. The van der Waals surface area contributed by atoms with Gasteiger partial charge >= 0.3 is 0 Å². The van der Waals surface area contributed by atoms with Crippen LogP contribution in [0.3, 0.4) is 0 Å². The maximum atomic E-state index is 13.1. The molecular weight excluding hydrogens is 610 g/mol. The summed E-state index contributed by atoms with van der Waals surface area (Å²) in [5.41, 5.74) is 2.48. The number of para-hydroxylation sites is 1. The molecule has 41 heavy (non-hydrogen) atoms. The Kier molecular flexibility index (Phi) is 10.4. The number of rotatable bonds is 11. The Morgan fingerprint density at radius 3 is 2.27 bits per heavy atom. The molecule has 1 aliphatic heterocycles. The van der Waals surface area contributed by atoms with Crippen LogP contribution in [0.5, 0.6) is 11.5 Å². The van der Waals surface area contributed by atoms with Gasteiger partial charge in [-0.1, -0.05) is 46.3 Å². The summed E-state index contributed by atoms with van der Waals surface area (Å²) in [4.78, 5) is 26.1. The quantitative estimate of drug-likeness (QED) is 0.315. The van der Waals surface area contributed by atoms with E-state index in [1.807, 2.05) is 30.3 Å². The number of carbonyl (C=O) groups is 2. The average molecular weight is 645 g/mol. The fourth-order valence-electron chi connectivity index (χ4n) is 4.76. The molecule has 218 valence electrons. The third-order valence-corrected chi connectivity index (χ3v) is 9.44. The van der Waals surface area contributed by atoms with Crippen LogP contribution in [0.4, 0.5) is 5.69 Å². The Hall–Kier alpha value is -3.41. The Balaban J connectivity index is 1.30. The van der Waals surface area contributed by atoms with Crippen LogP contribution in [0.15, 0.2) is 71.2 Å². The fraction of sp³-hybridized carbons (Fsp3) is 0.333. The molecule has 3 aromatic rings. The van der Waals surface area contributed by atoms with E-state index < -0.39 is 10.0 Å². The van der Waals surface area contributed by atoms with E-state index >= 15 is 0 Å². The van der Waals surface area contributed by atoms with Crippen molar-refractivity contribution in [3.05, 3.63) is 87.9 Å². The molecule has 11 heteroatoms. The molecule has 3 aromatic carbocycles. The number of hydrogen-bond acceptors (Lipinski definition) is 6. The zero-order chi connectivity index (χ0) is 29.4. The van der Waals surface area contributed by atoms with Gasteiger partial charge < -0.3 is 20.1 Å². The second-order valence-electron chi connectivity index (χ2n) is 9.79. The number of carbonyl (C=O) groups excluding carboxylic acids is 2. The van der Waals surface area contributed by atoms with E-state index in [1.54, 1.807) is 50.6 Å². The predicted molar refractivity (Wildman–Crippen MR) is 162 cm³/mol. The van der Waals surface area contributed by atoms with Crippen LogP contribution in [0.25, 0.3) is 0 Å². The van der Waals surface area contributed by atoms with E-state index in [2.05, 4.69) is 26.6 Å². The lowest BCUT2D eigenvalue weighted by molar-refractivity contribution is -0.120. The van der Waals surface area contributed by atoms with Crippen molar-refractivity contribution in [2.45, 2.75) is 25.0 Å². The zero-order valence-electron chi connectivity index (χ0n) is 23.1. The van der Waals surface area contributed by atoms with Crippen LogP contribution < -0.4 is 20.1 Å². The Morgan fingerprint density at radius 2 is 1.59 bits per heavy atom. The van der Waals surface area contributed by atoms with Gasteiger partial charge in [-0.2, -0.15) is 0 Å². The molecule has 0 radical (unpaired) electrons. The highest BCUT2D eigenvalue weighted by Crippen LogP contribution is 2.28. The molecule has 4 rings (SSSR count). The van der Waals surface area contributed by atoms with Gasteiger partial charge in [0.15, 0.2) is 11.5 Å². The number of nitrogens with zero attached hydrogens (tertiary/aromatic N) is 1. The van der Waals surface area contributed by atoms with Crippen LogP contribution in [0, 0.1) is 5.92 Å². The van der Waals surface area contributed by atoms with Crippen LogP contribution in [-0.2, 0) is 27.0 Å². The summed E-state index contributed by atoms with van der Waals surface area (Å²) in [5.74, 6) is 0.312. The predicted octanol–water partition coefficient (Wildman–Crippen LogP) is 4.62. The van der Waals surface area contributed by atoms with E-state index in [1.165, 1.54) is 4.31 Å². The second kappa shape index (κ2) is 14.0. The van der Waals surface area contributed by atoms with Gasteiger partial charge in [0.2, 0.25) is 15.9 Å². The van der Waals surface area contributed by atoms with Crippen molar-refractivity contribution in [1.82, 2.24) is 9.62 Å². The molecule has 0 aliphatic carbocycles. The van der Waals surface area contributed by atoms with E-state index in [9.17, 15) is 18.0 Å². The van der Waals surface area contributed by atoms with E-state index in [-0.39, 0.29) is 36.6 Å². The van der Waals surface area contributed by atoms with Crippen molar-refractivity contribution in [3.63, 3.8) is 0 Å². The number of halogens is 1. The number of hydrogen-bond donors (Lipinski definition) is 2. The molecule has 2 N–H and O–H groups in total. The largest absolute Gasteiger partial charge is 0.493 e. The van der Waals surface area contributed by atoms with Crippen LogP contribution in [0.1, 0.15) is 34.3 Å². The molecule has 9 nitrogen and oxygen atoms in total.